The van der Waals surface area contributed by atoms with Crippen molar-refractivity contribution in [1.82, 2.24) is 15.0 Å². The van der Waals surface area contributed by atoms with Gasteiger partial charge in [-0.2, -0.15) is 0 Å². The molecule has 2 rings (SSSR count). The highest BCUT2D eigenvalue weighted by molar-refractivity contribution is 5.83. The summed E-state index contributed by atoms with van der Waals surface area (Å²) in [6.45, 7) is 0. The highest BCUT2D eigenvalue weighted by atomic mass is 16.4. The van der Waals surface area contributed by atoms with Crippen molar-refractivity contribution >= 4 is 5.97 Å². The van der Waals surface area contributed by atoms with Crippen molar-refractivity contribution in [1.29, 1.82) is 0 Å². The Morgan fingerprint density at radius 3 is 3.08 bits per heavy atom. The molecule has 2 N–H and O–H groups in total. The van der Waals surface area contributed by atoms with E-state index in [0.717, 1.165) is 0 Å². The summed E-state index contributed by atoms with van der Waals surface area (Å²) in [6.07, 6.45) is 3.02. The van der Waals surface area contributed by atoms with Crippen molar-refractivity contribution in [3.63, 3.8) is 0 Å². The first-order valence-electron chi connectivity index (χ1n) is 3.30. The fourth-order valence-electron chi connectivity index (χ4n) is 0.950. The number of nitrogens with one attached hydrogen (secondary N) is 1. The van der Waals surface area contributed by atoms with Crippen molar-refractivity contribution in [2.24, 2.45) is 0 Å². The molecule has 0 aromatic rings. The monoisotopic (exact) mass is 163 g/mol. The van der Waals surface area contributed by atoms with Gasteiger partial charge in [0.25, 0.3) is 0 Å². The largest absolute Gasteiger partial charge is 0.475 e. The summed E-state index contributed by atoms with van der Waals surface area (Å²) >= 11 is 0. The predicted octanol–water partition coefficient (Wildman–Crippen LogP) is 0.608. The van der Waals surface area contributed by atoms with Crippen LogP contribution in [-0.4, -0.2) is 26.0 Å². The van der Waals surface area contributed by atoms with Crippen LogP contribution in [0.5, 0.6) is 0 Å². The third-order valence-electron chi connectivity index (χ3n) is 1.50. The van der Waals surface area contributed by atoms with E-state index in [1.54, 1.807) is 12.3 Å². The summed E-state index contributed by atoms with van der Waals surface area (Å²) in [4.78, 5) is 20.7. The van der Waals surface area contributed by atoms with Gasteiger partial charge in [-0.1, -0.05) is 0 Å². The van der Waals surface area contributed by atoms with Gasteiger partial charge in [0, 0.05) is 6.20 Å². The van der Waals surface area contributed by atoms with E-state index in [2.05, 4.69) is 15.0 Å². The first-order valence-corrected chi connectivity index (χ1v) is 3.30. The molecule has 0 amide bonds. The molecule has 0 aromatic carbocycles. The van der Waals surface area contributed by atoms with Gasteiger partial charge in [0.05, 0.1) is 11.9 Å². The number of carboxylic acids is 1. The van der Waals surface area contributed by atoms with Crippen molar-refractivity contribution in [3.05, 3.63) is 24.3 Å². The van der Waals surface area contributed by atoms with Crippen LogP contribution in [0, 0.1) is 0 Å². The Kier molecular flexibility index (Phi) is 1.30. The predicted molar refractivity (Wildman–Crippen MR) is 40.0 cm³/mol. The molecule has 0 aromatic heterocycles. The summed E-state index contributed by atoms with van der Waals surface area (Å²) < 4.78 is 0. The smallest absolute Gasteiger partial charge is 0.371 e. The van der Waals surface area contributed by atoms with Gasteiger partial charge in [0.15, 0.2) is 0 Å². The molecule has 0 radical (unpaired) electrons. The second-order valence-corrected chi connectivity index (χ2v) is 2.28. The van der Waals surface area contributed by atoms with Crippen LogP contribution in [0.4, 0.5) is 0 Å². The van der Waals surface area contributed by atoms with Crippen LogP contribution in [0.3, 0.4) is 0 Å². The van der Waals surface area contributed by atoms with Gasteiger partial charge in [-0.25, -0.2) is 9.78 Å². The first kappa shape index (κ1) is 6.78. The number of nitrogens with zero attached hydrogens (tertiary/aromatic N) is 2. The summed E-state index contributed by atoms with van der Waals surface area (Å²) in [5.74, 6) is -1.14. The number of hydrogen-bond donors (Lipinski definition) is 2. The van der Waals surface area contributed by atoms with Gasteiger partial charge in [-0.05, 0) is 6.07 Å². The molecular formula is C7H5N3O2. The fourth-order valence-corrected chi connectivity index (χ4v) is 0.950. The Bertz CT molecular complexity index is 396. The zero-order valence-corrected chi connectivity index (χ0v) is 5.98. The topological polar surface area (TPSA) is 78.9 Å². The number of carboxylic acid groups (broad SMARTS) is 1. The second-order valence-electron chi connectivity index (χ2n) is 2.28. The maximum atomic E-state index is 10.5. The Morgan fingerprint density at radius 2 is 2.33 bits per heavy atom. The van der Waals surface area contributed by atoms with Gasteiger partial charge >= 0.3 is 5.97 Å². The maximum absolute atomic E-state index is 10.5. The summed E-state index contributed by atoms with van der Waals surface area (Å²) in [5.41, 5.74) is 1.35. The zero-order valence-electron chi connectivity index (χ0n) is 5.98. The standard InChI is InChI=1S/C7H5N3O2/c11-7(12)6-9-3-5-4(10-6)1-2-8-5/h1-3H,(H,9,10)(H,11,12). The highest BCUT2D eigenvalue weighted by Gasteiger charge is 2.09. The van der Waals surface area contributed by atoms with Crippen LogP contribution in [0.15, 0.2) is 18.5 Å². The van der Waals surface area contributed by atoms with Crippen molar-refractivity contribution in [3.8, 4) is 11.4 Å². The van der Waals surface area contributed by atoms with E-state index < -0.39 is 5.97 Å². The van der Waals surface area contributed by atoms with Crippen LogP contribution in [-0.2, 0) is 0 Å². The van der Waals surface area contributed by atoms with Crippen LogP contribution >= 0.6 is 0 Å². The molecule has 2 heterocycles. The molecule has 2 aliphatic rings. The maximum Gasteiger partial charge on any atom is 0.371 e. The number of hydrogen-bond acceptors (Lipinski definition) is 3. The molecule has 0 fully saturated rings. The minimum Gasteiger partial charge on any atom is -0.475 e. The van der Waals surface area contributed by atoms with E-state index >= 15 is 0 Å². The summed E-state index contributed by atoms with van der Waals surface area (Å²) in [5, 5.41) is 8.57. The van der Waals surface area contributed by atoms with Crippen LogP contribution in [0.25, 0.3) is 11.4 Å². The van der Waals surface area contributed by atoms with Crippen LogP contribution in [0.2, 0.25) is 0 Å². The molecule has 5 heteroatoms. The van der Waals surface area contributed by atoms with E-state index in [1.807, 2.05) is 0 Å². The fraction of sp³-hybridized carbons (Fsp3) is 0. The third kappa shape index (κ3) is 0.914. The molecule has 0 saturated heterocycles. The number of H-pyrrole nitrogens is 1. The quantitative estimate of drug-likeness (QED) is 0.645. The van der Waals surface area contributed by atoms with Crippen molar-refractivity contribution < 1.29 is 9.90 Å². The number of fused-ring (bicyclic) bond motifs is 1. The average molecular weight is 163 g/mol. The van der Waals surface area contributed by atoms with Gasteiger partial charge in [0.1, 0.15) is 5.69 Å². The van der Waals surface area contributed by atoms with E-state index in [-0.39, 0.29) is 5.82 Å². The normalized spacial score (nSPS) is 10.3. The number of aromatic nitrogens is 3. The third-order valence-corrected chi connectivity index (χ3v) is 1.50. The summed E-state index contributed by atoms with van der Waals surface area (Å²) in [7, 11) is 0. The SMILES string of the molecule is O=C(O)c1ncc2nccc-2[nH]1. The average Bonchev–Trinajstić information content (AvgIpc) is 2.49. The first-order chi connectivity index (χ1) is 5.77. The van der Waals surface area contributed by atoms with Crippen molar-refractivity contribution in [2.45, 2.75) is 0 Å². The van der Waals surface area contributed by atoms with E-state index in [9.17, 15) is 4.79 Å². The van der Waals surface area contributed by atoms with E-state index in [0.29, 0.717) is 11.4 Å². The Labute approximate surface area is 67.4 Å². The van der Waals surface area contributed by atoms with Gasteiger partial charge < -0.3 is 10.1 Å². The minimum atomic E-state index is -1.07. The van der Waals surface area contributed by atoms with Crippen LogP contribution < -0.4 is 0 Å². The lowest BCUT2D eigenvalue weighted by Crippen LogP contribution is -2.04. The van der Waals surface area contributed by atoms with E-state index in [4.69, 9.17) is 5.11 Å². The van der Waals surface area contributed by atoms with Crippen LogP contribution in [0.1, 0.15) is 10.6 Å². The lowest BCUT2D eigenvalue weighted by atomic mass is 10.3. The van der Waals surface area contributed by atoms with E-state index in [1.165, 1.54) is 6.20 Å². The lowest BCUT2D eigenvalue weighted by Gasteiger charge is -1.98. The molecular weight excluding hydrogens is 158 g/mol. The molecule has 0 aliphatic carbocycles. The molecule has 12 heavy (non-hydrogen) atoms. The number of rotatable bonds is 1. The Morgan fingerprint density at radius 1 is 1.50 bits per heavy atom. The Balaban J connectivity index is 2.62. The lowest BCUT2D eigenvalue weighted by molar-refractivity contribution is 0.0683. The number of aromatic carboxylic acids is 1. The minimum absolute atomic E-state index is 0.0736. The molecule has 0 atom stereocenters. The molecule has 0 saturated carbocycles. The zero-order chi connectivity index (χ0) is 8.55. The number of aromatic amines is 1. The van der Waals surface area contributed by atoms with Gasteiger partial charge in [-0.15, -0.1) is 0 Å². The molecule has 60 valence electrons. The Hall–Kier alpha value is -1.91. The van der Waals surface area contributed by atoms with Gasteiger partial charge in [-0.3, -0.25) is 4.98 Å². The van der Waals surface area contributed by atoms with Gasteiger partial charge in [0.2, 0.25) is 5.82 Å². The second kappa shape index (κ2) is 2.30. The van der Waals surface area contributed by atoms with Crippen molar-refractivity contribution in [2.75, 3.05) is 0 Å². The molecule has 2 aliphatic heterocycles. The summed E-state index contributed by atoms with van der Waals surface area (Å²) in [6, 6.07) is 1.70. The number of carbonyl (C=O) groups is 1. The molecule has 5 nitrogen and oxygen atoms in total. The molecule has 0 unspecified atom stereocenters. The highest BCUT2D eigenvalue weighted by Crippen LogP contribution is 2.14. The molecule has 0 bridgehead atoms. The molecule has 0 spiro atoms.